The van der Waals surface area contributed by atoms with Crippen molar-refractivity contribution in [2.45, 2.75) is 12.5 Å². The first-order valence-electron chi connectivity index (χ1n) is 4.01. The van der Waals surface area contributed by atoms with E-state index in [-0.39, 0.29) is 6.04 Å². The minimum atomic E-state index is 0.191. The molecule has 0 aliphatic carbocycles. The van der Waals surface area contributed by atoms with E-state index in [1.807, 2.05) is 12.2 Å². The van der Waals surface area contributed by atoms with Crippen LogP contribution in [-0.2, 0) is 0 Å². The molecule has 12 heavy (non-hydrogen) atoms. The van der Waals surface area contributed by atoms with Crippen molar-refractivity contribution >= 4 is 6.72 Å². The molecule has 1 aliphatic heterocycles. The van der Waals surface area contributed by atoms with Crippen LogP contribution < -0.4 is 5.32 Å². The van der Waals surface area contributed by atoms with Gasteiger partial charge >= 0.3 is 0 Å². The Morgan fingerprint density at radius 3 is 2.75 bits per heavy atom. The Morgan fingerprint density at radius 1 is 1.50 bits per heavy atom. The molecule has 1 N–H and O–H groups in total. The maximum atomic E-state index is 3.97. The number of hydrogen-bond donors (Lipinski definition) is 1. The van der Waals surface area contributed by atoms with Gasteiger partial charge in [0.1, 0.15) is 0 Å². The molecule has 0 amide bonds. The molecule has 1 unspecified atom stereocenters. The van der Waals surface area contributed by atoms with Crippen molar-refractivity contribution in [1.82, 2.24) is 5.32 Å². The minimum Gasteiger partial charge on any atom is -0.306 e. The van der Waals surface area contributed by atoms with E-state index in [2.05, 4.69) is 30.2 Å². The molecule has 0 saturated heterocycles. The molecular weight excluding hydrogens is 148 g/mol. The van der Waals surface area contributed by atoms with Crippen molar-refractivity contribution in [2.75, 3.05) is 6.54 Å². The molecule has 0 radical (unpaired) electrons. The van der Waals surface area contributed by atoms with Gasteiger partial charge in [0.05, 0.1) is 6.04 Å². The molecule has 0 fully saturated rings. The summed E-state index contributed by atoms with van der Waals surface area (Å²) in [7, 11) is 0. The average molecular weight is 162 g/mol. The number of nitrogens with one attached hydrogen (secondary N) is 1. The Labute approximate surface area is 73.4 Å². The summed E-state index contributed by atoms with van der Waals surface area (Å²) in [6.45, 7) is 12.0. The second-order valence-corrected chi connectivity index (χ2v) is 2.68. The van der Waals surface area contributed by atoms with E-state index in [0.717, 1.165) is 24.2 Å². The monoisotopic (exact) mass is 162 g/mol. The number of nitrogens with zero attached hydrogens (tertiary/aromatic N) is 1. The van der Waals surface area contributed by atoms with Gasteiger partial charge in [-0.15, -0.1) is 6.58 Å². The Balaban J connectivity index is 3.00. The topological polar surface area (TPSA) is 24.4 Å². The van der Waals surface area contributed by atoms with E-state index >= 15 is 0 Å². The van der Waals surface area contributed by atoms with Gasteiger partial charge in [-0.2, -0.15) is 0 Å². The van der Waals surface area contributed by atoms with Gasteiger partial charge in [-0.05, 0) is 12.3 Å². The van der Waals surface area contributed by atoms with E-state index in [9.17, 15) is 0 Å². The first kappa shape index (κ1) is 8.94. The van der Waals surface area contributed by atoms with Crippen molar-refractivity contribution in [3.05, 3.63) is 36.6 Å². The lowest BCUT2D eigenvalue weighted by Crippen LogP contribution is -2.34. The fraction of sp³-hybridized carbons (Fsp3) is 0.300. The third-order valence-electron chi connectivity index (χ3n) is 2.04. The standard InChI is InChI=1S/C10H14N2/c1-4-8-9(5-2)12-7-6-10(8)11-3/h4-5,9,12H,1-3,6-7H2. The van der Waals surface area contributed by atoms with Gasteiger partial charge in [0, 0.05) is 18.7 Å². The smallest absolute Gasteiger partial charge is 0.0521 e. The quantitative estimate of drug-likeness (QED) is 0.495. The van der Waals surface area contributed by atoms with Crippen molar-refractivity contribution in [3.63, 3.8) is 0 Å². The largest absolute Gasteiger partial charge is 0.306 e. The molecule has 0 saturated carbocycles. The van der Waals surface area contributed by atoms with Crippen LogP contribution in [0.4, 0.5) is 0 Å². The molecule has 1 rings (SSSR count). The highest BCUT2D eigenvalue weighted by atomic mass is 14.9. The zero-order valence-electron chi connectivity index (χ0n) is 7.21. The van der Waals surface area contributed by atoms with Gasteiger partial charge in [0.15, 0.2) is 0 Å². The molecule has 0 aromatic rings. The zero-order valence-corrected chi connectivity index (χ0v) is 7.21. The van der Waals surface area contributed by atoms with E-state index < -0.39 is 0 Å². The summed E-state index contributed by atoms with van der Waals surface area (Å²) < 4.78 is 0. The summed E-state index contributed by atoms with van der Waals surface area (Å²) in [5, 5.41) is 3.30. The van der Waals surface area contributed by atoms with Gasteiger partial charge in [0.25, 0.3) is 0 Å². The second kappa shape index (κ2) is 4.02. The van der Waals surface area contributed by atoms with Crippen molar-refractivity contribution in [2.24, 2.45) is 4.99 Å². The molecule has 0 aromatic carbocycles. The highest BCUT2D eigenvalue weighted by Crippen LogP contribution is 2.19. The van der Waals surface area contributed by atoms with E-state index in [0.29, 0.717) is 0 Å². The van der Waals surface area contributed by atoms with E-state index in [1.54, 1.807) is 0 Å². The molecule has 2 heteroatoms. The lowest BCUT2D eigenvalue weighted by atomic mass is 9.99. The molecule has 0 aromatic heterocycles. The molecule has 1 atom stereocenters. The predicted octanol–water partition coefficient (Wildman–Crippen LogP) is 1.67. The van der Waals surface area contributed by atoms with Crippen molar-refractivity contribution < 1.29 is 0 Å². The van der Waals surface area contributed by atoms with Crippen molar-refractivity contribution in [1.29, 1.82) is 0 Å². The second-order valence-electron chi connectivity index (χ2n) is 2.68. The summed E-state index contributed by atoms with van der Waals surface area (Å²) >= 11 is 0. The van der Waals surface area contributed by atoms with E-state index in [1.165, 1.54) is 0 Å². The van der Waals surface area contributed by atoms with Crippen LogP contribution in [0.5, 0.6) is 0 Å². The highest BCUT2D eigenvalue weighted by molar-refractivity contribution is 5.39. The lowest BCUT2D eigenvalue weighted by Gasteiger charge is -2.23. The molecule has 64 valence electrons. The first-order valence-corrected chi connectivity index (χ1v) is 4.01. The Bertz CT molecular complexity index is 238. The van der Waals surface area contributed by atoms with Crippen LogP contribution >= 0.6 is 0 Å². The minimum absolute atomic E-state index is 0.191. The average Bonchev–Trinajstić information content (AvgIpc) is 2.16. The van der Waals surface area contributed by atoms with Crippen LogP contribution in [0, 0.1) is 0 Å². The molecule has 1 heterocycles. The summed E-state index contributed by atoms with van der Waals surface area (Å²) in [4.78, 5) is 3.97. The third kappa shape index (κ3) is 1.53. The first-order chi connectivity index (χ1) is 5.83. The van der Waals surface area contributed by atoms with Crippen LogP contribution in [0.1, 0.15) is 6.42 Å². The number of hydrogen-bond acceptors (Lipinski definition) is 2. The Kier molecular flexibility index (Phi) is 3.00. The lowest BCUT2D eigenvalue weighted by molar-refractivity contribution is 0.611. The van der Waals surface area contributed by atoms with Gasteiger partial charge in [-0.1, -0.05) is 18.7 Å². The Morgan fingerprint density at radius 2 is 2.25 bits per heavy atom. The normalized spacial score (nSPS) is 23.5. The predicted molar refractivity (Wildman–Crippen MR) is 53.4 cm³/mol. The van der Waals surface area contributed by atoms with E-state index in [4.69, 9.17) is 0 Å². The van der Waals surface area contributed by atoms with Crippen LogP contribution in [0.25, 0.3) is 0 Å². The van der Waals surface area contributed by atoms with Crippen LogP contribution in [0.2, 0.25) is 0 Å². The maximum absolute atomic E-state index is 3.97. The van der Waals surface area contributed by atoms with Gasteiger partial charge in [-0.25, -0.2) is 0 Å². The summed E-state index contributed by atoms with van der Waals surface area (Å²) in [5.41, 5.74) is 2.14. The van der Waals surface area contributed by atoms with Gasteiger partial charge < -0.3 is 5.32 Å². The fourth-order valence-corrected chi connectivity index (χ4v) is 1.41. The molecular formula is C10H14N2. The SMILES string of the molecule is C=CC1=C(N=C)CCNC1C=C. The van der Waals surface area contributed by atoms with Crippen LogP contribution in [0.3, 0.4) is 0 Å². The molecule has 0 bridgehead atoms. The van der Waals surface area contributed by atoms with Gasteiger partial charge in [-0.3, -0.25) is 4.99 Å². The van der Waals surface area contributed by atoms with Crippen LogP contribution in [0.15, 0.2) is 41.6 Å². The van der Waals surface area contributed by atoms with Crippen molar-refractivity contribution in [3.8, 4) is 0 Å². The molecule has 2 nitrogen and oxygen atoms in total. The summed E-state index contributed by atoms with van der Waals surface area (Å²) in [6.07, 6.45) is 4.61. The number of rotatable bonds is 3. The third-order valence-corrected chi connectivity index (χ3v) is 2.04. The zero-order chi connectivity index (χ0) is 8.97. The summed E-state index contributed by atoms with van der Waals surface area (Å²) in [5.74, 6) is 0. The maximum Gasteiger partial charge on any atom is 0.0521 e. The van der Waals surface area contributed by atoms with Gasteiger partial charge in [0.2, 0.25) is 0 Å². The number of aliphatic imine (C=N–C) groups is 1. The highest BCUT2D eigenvalue weighted by Gasteiger charge is 2.16. The Hall–Kier alpha value is -1.15. The van der Waals surface area contributed by atoms with Crippen LogP contribution in [-0.4, -0.2) is 19.3 Å². The fourth-order valence-electron chi connectivity index (χ4n) is 1.41. The molecule has 1 aliphatic rings. The summed E-state index contributed by atoms with van der Waals surface area (Å²) in [6, 6.07) is 0.191. The molecule has 0 spiro atoms.